The molecule has 0 bridgehead atoms. The summed E-state index contributed by atoms with van der Waals surface area (Å²) in [5, 5.41) is 3.24. The van der Waals surface area contributed by atoms with E-state index in [0.717, 1.165) is 13.2 Å². The molecule has 0 spiro atoms. The van der Waals surface area contributed by atoms with Crippen molar-refractivity contribution in [3.63, 3.8) is 0 Å². The molecule has 12 heavy (non-hydrogen) atoms. The van der Waals surface area contributed by atoms with Gasteiger partial charge in [0.25, 0.3) is 0 Å². The van der Waals surface area contributed by atoms with Gasteiger partial charge >= 0.3 is 0 Å². The fourth-order valence-corrected chi connectivity index (χ4v) is 1.29. The number of thiol groups is 1. The molecule has 2 N–H and O–H groups in total. The summed E-state index contributed by atoms with van der Waals surface area (Å²) in [6, 6.07) is 0. The lowest BCUT2D eigenvalue weighted by Gasteiger charge is -2.02. The molecule has 0 atom stereocenters. The van der Waals surface area contributed by atoms with E-state index in [2.05, 4.69) is 29.8 Å². The standard InChI is InChI=1S/C9H22N2S/c1-2-3-4-5-6-7-8-10-9-11-12/h10-12H,2-9H2,1H3. The first-order chi connectivity index (χ1) is 5.91. The molecule has 0 aromatic heterocycles. The predicted octanol–water partition coefficient (Wildman–Crippen LogP) is 2.33. The van der Waals surface area contributed by atoms with Gasteiger partial charge in [-0.3, -0.25) is 4.72 Å². The molecular formula is C9H22N2S. The summed E-state index contributed by atoms with van der Waals surface area (Å²) in [6.45, 7) is 4.16. The zero-order valence-corrected chi connectivity index (χ0v) is 9.00. The van der Waals surface area contributed by atoms with Gasteiger partial charge in [-0.1, -0.05) is 51.8 Å². The number of hydrogen-bond acceptors (Lipinski definition) is 3. The molecule has 0 rings (SSSR count). The smallest absolute Gasteiger partial charge is 0.0549 e. The number of rotatable bonds is 9. The van der Waals surface area contributed by atoms with Crippen molar-refractivity contribution < 1.29 is 0 Å². The Morgan fingerprint density at radius 2 is 1.67 bits per heavy atom. The Hall–Kier alpha value is 0.270. The van der Waals surface area contributed by atoms with Gasteiger partial charge in [-0.2, -0.15) is 0 Å². The Labute approximate surface area is 82.0 Å². The van der Waals surface area contributed by atoms with Gasteiger partial charge < -0.3 is 5.32 Å². The van der Waals surface area contributed by atoms with Crippen LogP contribution in [0.25, 0.3) is 0 Å². The Bertz CT molecular complexity index is 68.9. The first-order valence-electron chi connectivity index (χ1n) is 4.99. The Kier molecular flexibility index (Phi) is 11.5. The topological polar surface area (TPSA) is 24.1 Å². The third-order valence-corrected chi connectivity index (χ3v) is 2.07. The summed E-state index contributed by atoms with van der Waals surface area (Å²) in [5.41, 5.74) is 0. The number of unbranched alkanes of at least 4 members (excludes halogenated alkanes) is 5. The van der Waals surface area contributed by atoms with Gasteiger partial charge in [0.05, 0.1) is 6.67 Å². The molecule has 0 radical (unpaired) electrons. The van der Waals surface area contributed by atoms with Crippen LogP contribution in [0.4, 0.5) is 0 Å². The Balaban J connectivity index is 2.73. The highest BCUT2D eigenvalue weighted by molar-refractivity contribution is 7.78. The van der Waals surface area contributed by atoms with Crippen molar-refractivity contribution in [2.45, 2.75) is 45.4 Å². The third kappa shape index (κ3) is 10.3. The van der Waals surface area contributed by atoms with Crippen LogP contribution in [0, 0.1) is 0 Å². The summed E-state index contributed by atoms with van der Waals surface area (Å²) in [6.07, 6.45) is 8.18. The molecule has 0 amide bonds. The molecule has 3 heteroatoms. The van der Waals surface area contributed by atoms with Crippen LogP contribution >= 0.6 is 12.8 Å². The van der Waals surface area contributed by atoms with Crippen molar-refractivity contribution in [2.75, 3.05) is 13.2 Å². The van der Waals surface area contributed by atoms with E-state index in [1.165, 1.54) is 38.5 Å². The van der Waals surface area contributed by atoms with Crippen LogP contribution in [-0.2, 0) is 0 Å². The Morgan fingerprint density at radius 3 is 2.33 bits per heavy atom. The van der Waals surface area contributed by atoms with Gasteiger partial charge in [-0.25, -0.2) is 0 Å². The van der Waals surface area contributed by atoms with Crippen LogP contribution < -0.4 is 10.0 Å². The summed E-state index contributed by atoms with van der Waals surface area (Å²) in [7, 11) is 0. The van der Waals surface area contributed by atoms with Crippen molar-refractivity contribution >= 4 is 12.8 Å². The van der Waals surface area contributed by atoms with Gasteiger partial charge in [-0.15, -0.1) is 0 Å². The van der Waals surface area contributed by atoms with Gasteiger partial charge in [0.2, 0.25) is 0 Å². The van der Waals surface area contributed by atoms with Crippen LogP contribution in [0.5, 0.6) is 0 Å². The summed E-state index contributed by atoms with van der Waals surface area (Å²) >= 11 is 3.88. The molecule has 0 aromatic rings. The van der Waals surface area contributed by atoms with Gasteiger partial charge in [-0.05, 0) is 13.0 Å². The van der Waals surface area contributed by atoms with Gasteiger partial charge in [0, 0.05) is 0 Å². The van der Waals surface area contributed by atoms with Crippen molar-refractivity contribution in [2.24, 2.45) is 0 Å². The predicted molar refractivity (Wildman–Crippen MR) is 58.4 cm³/mol. The number of nitrogens with one attached hydrogen (secondary N) is 2. The normalized spacial score (nSPS) is 10.5. The highest BCUT2D eigenvalue weighted by Crippen LogP contribution is 2.03. The molecule has 0 saturated carbocycles. The molecule has 0 heterocycles. The molecule has 2 nitrogen and oxygen atoms in total. The molecule has 0 aliphatic carbocycles. The zero-order chi connectivity index (χ0) is 9.07. The van der Waals surface area contributed by atoms with E-state index in [-0.39, 0.29) is 0 Å². The maximum absolute atomic E-state index is 3.88. The second-order valence-electron chi connectivity index (χ2n) is 3.10. The van der Waals surface area contributed by atoms with E-state index < -0.39 is 0 Å². The van der Waals surface area contributed by atoms with E-state index in [4.69, 9.17) is 0 Å². The summed E-state index contributed by atoms with van der Waals surface area (Å²) in [5.74, 6) is 0. The average molecular weight is 190 g/mol. The quantitative estimate of drug-likeness (QED) is 0.295. The minimum Gasteiger partial charge on any atom is -0.304 e. The van der Waals surface area contributed by atoms with E-state index >= 15 is 0 Å². The molecule has 0 fully saturated rings. The first-order valence-corrected chi connectivity index (χ1v) is 5.44. The lowest BCUT2D eigenvalue weighted by molar-refractivity contribution is 0.572. The first kappa shape index (κ1) is 12.3. The van der Waals surface area contributed by atoms with Crippen LogP contribution in [-0.4, -0.2) is 13.2 Å². The highest BCUT2D eigenvalue weighted by atomic mass is 32.1. The van der Waals surface area contributed by atoms with E-state index in [1.54, 1.807) is 0 Å². The van der Waals surface area contributed by atoms with Crippen molar-refractivity contribution in [1.82, 2.24) is 10.0 Å². The molecular weight excluding hydrogens is 168 g/mol. The second-order valence-corrected chi connectivity index (χ2v) is 3.42. The van der Waals surface area contributed by atoms with Crippen LogP contribution in [0.2, 0.25) is 0 Å². The van der Waals surface area contributed by atoms with Crippen LogP contribution in [0.1, 0.15) is 45.4 Å². The lowest BCUT2D eigenvalue weighted by atomic mass is 10.1. The zero-order valence-electron chi connectivity index (χ0n) is 8.10. The van der Waals surface area contributed by atoms with Crippen LogP contribution in [0.3, 0.4) is 0 Å². The molecule has 0 unspecified atom stereocenters. The average Bonchev–Trinajstić information content (AvgIpc) is 2.10. The summed E-state index contributed by atoms with van der Waals surface area (Å²) in [4.78, 5) is 0. The Morgan fingerprint density at radius 1 is 1.00 bits per heavy atom. The number of hydrogen-bond donors (Lipinski definition) is 3. The summed E-state index contributed by atoms with van der Waals surface area (Å²) < 4.78 is 2.76. The minimum atomic E-state index is 0.804. The van der Waals surface area contributed by atoms with Gasteiger partial charge in [0.1, 0.15) is 0 Å². The second kappa shape index (κ2) is 11.3. The monoisotopic (exact) mass is 190 g/mol. The fraction of sp³-hybridized carbons (Fsp3) is 1.00. The van der Waals surface area contributed by atoms with E-state index in [1.807, 2.05) is 0 Å². The largest absolute Gasteiger partial charge is 0.304 e. The van der Waals surface area contributed by atoms with Crippen molar-refractivity contribution in [1.29, 1.82) is 0 Å². The minimum absolute atomic E-state index is 0.804. The van der Waals surface area contributed by atoms with E-state index in [0.29, 0.717) is 0 Å². The third-order valence-electron chi connectivity index (χ3n) is 1.91. The van der Waals surface area contributed by atoms with Crippen molar-refractivity contribution in [3.8, 4) is 0 Å². The fourth-order valence-electron chi connectivity index (χ4n) is 1.17. The van der Waals surface area contributed by atoms with Gasteiger partial charge in [0.15, 0.2) is 0 Å². The van der Waals surface area contributed by atoms with Crippen LogP contribution in [0.15, 0.2) is 0 Å². The molecule has 0 aromatic carbocycles. The maximum Gasteiger partial charge on any atom is 0.0549 e. The highest BCUT2D eigenvalue weighted by Gasteiger charge is 1.88. The SMILES string of the molecule is CCCCCCCCNCNS. The molecule has 0 aliphatic rings. The van der Waals surface area contributed by atoms with Crippen molar-refractivity contribution in [3.05, 3.63) is 0 Å². The maximum atomic E-state index is 3.88. The van der Waals surface area contributed by atoms with E-state index in [9.17, 15) is 0 Å². The molecule has 0 saturated heterocycles. The molecule has 74 valence electrons. The molecule has 0 aliphatic heterocycles. The lowest BCUT2D eigenvalue weighted by Crippen LogP contribution is -2.23.